The van der Waals surface area contributed by atoms with Gasteiger partial charge in [0.2, 0.25) is 0 Å². The SMILES string of the molecule is CCC(C)(CCO)NS(=O)(=O)N(C)C. The summed E-state index contributed by atoms with van der Waals surface area (Å²) in [5.41, 5.74) is -0.572. The van der Waals surface area contributed by atoms with E-state index in [2.05, 4.69) is 4.72 Å². The quantitative estimate of drug-likeness (QED) is 0.664. The molecule has 0 aliphatic heterocycles. The molecule has 0 aromatic carbocycles. The van der Waals surface area contributed by atoms with Gasteiger partial charge < -0.3 is 5.11 Å². The van der Waals surface area contributed by atoms with Crippen molar-refractivity contribution in [1.82, 2.24) is 9.03 Å². The lowest BCUT2D eigenvalue weighted by molar-refractivity contribution is 0.231. The largest absolute Gasteiger partial charge is 0.396 e. The molecule has 0 heterocycles. The van der Waals surface area contributed by atoms with Gasteiger partial charge in [-0.15, -0.1) is 0 Å². The van der Waals surface area contributed by atoms with Crippen LogP contribution >= 0.6 is 0 Å². The van der Waals surface area contributed by atoms with E-state index in [0.29, 0.717) is 12.8 Å². The van der Waals surface area contributed by atoms with Crippen molar-refractivity contribution >= 4 is 10.2 Å². The van der Waals surface area contributed by atoms with Crippen molar-refractivity contribution in [2.24, 2.45) is 0 Å². The first-order valence-corrected chi connectivity index (χ1v) is 6.03. The van der Waals surface area contributed by atoms with Crippen LogP contribution in [0.3, 0.4) is 0 Å². The predicted molar refractivity (Wildman–Crippen MR) is 56.1 cm³/mol. The van der Waals surface area contributed by atoms with E-state index in [0.717, 1.165) is 4.31 Å². The zero-order chi connectivity index (χ0) is 11.4. The van der Waals surface area contributed by atoms with E-state index in [-0.39, 0.29) is 6.61 Å². The van der Waals surface area contributed by atoms with Crippen LogP contribution in [0.4, 0.5) is 0 Å². The molecule has 0 fully saturated rings. The molecule has 0 saturated heterocycles. The molecule has 0 saturated carbocycles. The Labute approximate surface area is 86.3 Å². The van der Waals surface area contributed by atoms with Crippen LogP contribution in [0.25, 0.3) is 0 Å². The first-order valence-electron chi connectivity index (χ1n) is 4.59. The van der Waals surface area contributed by atoms with Crippen molar-refractivity contribution in [2.45, 2.75) is 32.2 Å². The van der Waals surface area contributed by atoms with Gasteiger partial charge in [-0.1, -0.05) is 6.92 Å². The highest BCUT2D eigenvalue weighted by Gasteiger charge is 2.28. The van der Waals surface area contributed by atoms with Gasteiger partial charge >= 0.3 is 0 Å². The zero-order valence-corrected chi connectivity index (χ0v) is 10.1. The van der Waals surface area contributed by atoms with E-state index >= 15 is 0 Å². The lowest BCUT2D eigenvalue weighted by Crippen LogP contribution is -2.50. The van der Waals surface area contributed by atoms with Gasteiger partial charge in [-0.3, -0.25) is 0 Å². The summed E-state index contributed by atoms with van der Waals surface area (Å²) in [5.74, 6) is 0. The molecular weight excluding hydrogens is 204 g/mol. The maximum atomic E-state index is 11.5. The molecular formula is C8H20N2O3S. The summed E-state index contributed by atoms with van der Waals surface area (Å²) in [6.45, 7) is 3.64. The molecule has 86 valence electrons. The van der Waals surface area contributed by atoms with Crippen LogP contribution in [0.15, 0.2) is 0 Å². The highest BCUT2D eigenvalue weighted by Crippen LogP contribution is 2.15. The van der Waals surface area contributed by atoms with Crippen LogP contribution in [0.5, 0.6) is 0 Å². The third-order valence-corrected chi connectivity index (χ3v) is 4.01. The first kappa shape index (κ1) is 13.8. The van der Waals surface area contributed by atoms with E-state index in [1.54, 1.807) is 6.92 Å². The molecule has 5 nitrogen and oxygen atoms in total. The van der Waals surface area contributed by atoms with E-state index in [4.69, 9.17) is 5.11 Å². The Morgan fingerprint density at radius 3 is 2.21 bits per heavy atom. The van der Waals surface area contributed by atoms with Crippen LogP contribution < -0.4 is 4.72 Å². The maximum Gasteiger partial charge on any atom is 0.279 e. The minimum absolute atomic E-state index is 0.0275. The Balaban J connectivity index is 4.62. The molecule has 1 unspecified atom stereocenters. The Morgan fingerprint density at radius 1 is 1.43 bits per heavy atom. The fourth-order valence-electron chi connectivity index (χ4n) is 0.949. The highest BCUT2D eigenvalue weighted by atomic mass is 32.2. The van der Waals surface area contributed by atoms with Crippen LogP contribution in [-0.4, -0.2) is 44.1 Å². The van der Waals surface area contributed by atoms with Crippen molar-refractivity contribution in [3.05, 3.63) is 0 Å². The average Bonchev–Trinajstić information content (AvgIpc) is 2.03. The van der Waals surface area contributed by atoms with Gasteiger partial charge in [0.15, 0.2) is 0 Å². The molecule has 0 rings (SSSR count). The van der Waals surface area contributed by atoms with Gasteiger partial charge in [0, 0.05) is 26.2 Å². The lowest BCUT2D eigenvalue weighted by atomic mass is 9.97. The summed E-state index contributed by atoms with van der Waals surface area (Å²) in [4.78, 5) is 0. The second-order valence-electron chi connectivity index (χ2n) is 3.78. The number of hydrogen-bond acceptors (Lipinski definition) is 3. The van der Waals surface area contributed by atoms with E-state index < -0.39 is 15.7 Å². The molecule has 0 spiro atoms. The molecule has 0 bridgehead atoms. The highest BCUT2D eigenvalue weighted by molar-refractivity contribution is 7.87. The maximum absolute atomic E-state index is 11.5. The van der Waals surface area contributed by atoms with Gasteiger partial charge in [-0.05, 0) is 19.8 Å². The third-order valence-electron chi connectivity index (χ3n) is 2.30. The van der Waals surface area contributed by atoms with E-state index in [9.17, 15) is 8.42 Å². The number of aliphatic hydroxyl groups excluding tert-OH is 1. The van der Waals surface area contributed by atoms with Crippen LogP contribution in [0, 0.1) is 0 Å². The standard InChI is InChI=1S/C8H20N2O3S/c1-5-8(2,6-7-11)9-14(12,13)10(3)4/h9,11H,5-7H2,1-4H3. The second kappa shape index (κ2) is 5.06. The molecule has 0 aliphatic rings. The average molecular weight is 224 g/mol. The number of hydrogen-bond donors (Lipinski definition) is 2. The fraction of sp³-hybridized carbons (Fsp3) is 1.00. The summed E-state index contributed by atoms with van der Waals surface area (Å²) in [6.07, 6.45) is 1.05. The summed E-state index contributed by atoms with van der Waals surface area (Å²) in [5, 5.41) is 8.82. The molecule has 0 radical (unpaired) electrons. The summed E-state index contributed by atoms with van der Waals surface area (Å²) < 4.78 is 26.7. The predicted octanol–water partition coefficient (Wildman–Crippen LogP) is -0.0665. The van der Waals surface area contributed by atoms with Gasteiger partial charge in [0.25, 0.3) is 10.2 Å². The van der Waals surface area contributed by atoms with Crippen molar-refractivity contribution in [3.63, 3.8) is 0 Å². The minimum atomic E-state index is -3.42. The number of nitrogens with one attached hydrogen (secondary N) is 1. The Kier molecular flexibility index (Phi) is 5.00. The Bertz CT molecular complexity index is 264. The van der Waals surface area contributed by atoms with Crippen molar-refractivity contribution in [2.75, 3.05) is 20.7 Å². The molecule has 0 amide bonds. The smallest absolute Gasteiger partial charge is 0.279 e. The summed E-state index contributed by atoms with van der Waals surface area (Å²) in [7, 11) is -0.479. The second-order valence-corrected chi connectivity index (χ2v) is 5.66. The fourth-order valence-corrected chi connectivity index (χ4v) is 2.00. The third kappa shape index (κ3) is 3.91. The molecule has 0 aromatic rings. The summed E-state index contributed by atoms with van der Waals surface area (Å²) in [6, 6.07) is 0. The molecule has 0 aliphatic carbocycles. The van der Waals surface area contributed by atoms with Crippen molar-refractivity contribution in [1.29, 1.82) is 0 Å². The first-order chi connectivity index (χ1) is 6.27. The molecule has 6 heteroatoms. The minimum Gasteiger partial charge on any atom is -0.396 e. The van der Waals surface area contributed by atoms with E-state index in [1.165, 1.54) is 14.1 Å². The van der Waals surface area contributed by atoms with E-state index in [1.807, 2.05) is 6.92 Å². The topological polar surface area (TPSA) is 69.6 Å². The van der Waals surface area contributed by atoms with Gasteiger partial charge in [0.05, 0.1) is 0 Å². The molecule has 1 atom stereocenters. The molecule has 0 aromatic heterocycles. The monoisotopic (exact) mass is 224 g/mol. The number of nitrogens with zero attached hydrogens (tertiary/aromatic N) is 1. The Hall–Kier alpha value is -0.170. The lowest BCUT2D eigenvalue weighted by Gasteiger charge is -2.29. The molecule has 2 N–H and O–H groups in total. The van der Waals surface area contributed by atoms with Crippen LogP contribution in [0.1, 0.15) is 26.7 Å². The Morgan fingerprint density at radius 2 is 1.93 bits per heavy atom. The summed E-state index contributed by atoms with van der Waals surface area (Å²) >= 11 is 0. The van der Waals surface area contributed by atoms with Gasteiger partial charge in [-0.25, -0.2) is 0 Å². The zero-order valence-electron chi connectivity index (χ0n) is 9.24. The van der Waals surface area contributed by atoms with Gasteiger partial charge in [0.1, 0.15) is 0 Å². The van der Waals surface area contributed by atoms with Crippen LogP contribution in [-0.2, 0) is 10.2 Å². The van der Waals surface area contributed by atoms with Gasteiger partial charge in [-0.2, -0.15) is 17.4 Å². The number of rotatable bonds is 6. The molecule has 14 heavy (non-hydrogen) atoms. The normalized spacial score (nSPS) is 17.0. The van der Waals surface area contributed by atoms with Crippen LogP contribution in [0.2, 0.25) is 0 Å². The van der Waals surface area contributed by atoms with Crippen molar-refractivity contribution in [3.8, 4) is 0 Å². The number of aliphatic hydroxyl groups is 1. The van der Waals surface area contributed by atoms with Crippen molar-refractivity contribution < 1.29 is 13.5 Å².